The van der Waals surface area contributed by atoms with Gasteiger partial charge < -0.3 is 5.32 Å². The summed E-state index contributed by atoms with van der Waals surface area (Å²) in [6.07, 6.45) is 3.31. The van der Waals surface area contributed by atoms with Crippen LogP contribution < -0.4 is 5.32 Å². The largest absolute Gasteiger partial charge is 0.347 e. The summed E-state index contributed by atoms with van der Waals surface area (Å²) in [6.45, 7) is 2.35. The number of amides is 1. The van der Waals surface area contributed by atoms with E-state index in [1.807, 2.05) is 28.9 Å². The first-order valence-electron chi connectivity index (χ1n) is 9.66. The number of aromatic nitrogens is 3. The Morgan fingerprint density at radius 1 is 1.14 bits per heavy atom. The third-order valence-electron chi connectivity index (χ3n) is 5.08. The molecule has 0 fully saturated rings. The van der Waals surface area contributed by atoms with Crippen LogP contribution in [0.5, 0.6) is 0 Å². The van der Waals surface area contributed by atoms with Crippen LogP contribution in [0.25, 0.3) is 0 Å². The molecule has 4 rings (SSSR count). The normalized spacial score (nSPS) is 16.0. The smallest absolute Gasteiger partial charge is 0.251 e. The van der Waals surface area contributed by atoms with Crippen LogP contribution in [-0.2, 0) is 26.1 Å². The maximum absolute atomic E-state index is 12.7. The fraction of sp³-hybridized carbons (Fsp3) is 0.318. The predicted molar refractivity (Wildman–Crippen MR) is 108 cm³/mol. The lowest BCUT2D eigenvalue weighted by atomic mass is 10.1. The number of nitrogens with one attached hydrogen (secondary N) is 1. The van der Waals surface area contributed by atoms with Crippen molar-refractivity contribution in [2.75, 3.05) is 7.05 Å². The second kappa shape index (κ2) is 8.35. The number of aryl methyl sites for hydroxylation is 1. The van der Waals surface area contributed by atoms with Gasteiger partial charge in [-0.15, -0.1) is 0 Å². The summed E-state index contributed by atoms with van der Waals surface area (Å²) in [5.74, 6) is 0.968. The van der Waals surface area contributed by atoms with Crippen LogP contribution in [0, 0.1) is 0 Å². The average molecular weight is 375 g/mol. The Balaban J connectivity index is 1.36. The minimum atomic E-state index is -0.0267. The topological polar surface area (TPSA) is 63.1 Å². The summed E-state index contributed by atoms with van der Waals surface area (Å²) in [4.78, 5) is 19.2. The van der Waals surface area contributed by atoms with Crippen molar-refractivity contribution in [2.24, 2.45) is 0 Å². The van der Waals surface area contributed by atoms with Gasteiger partial charge in [-0.25, -0.2) is 9.67 Å². The minimum Gasteiger partial charge on any atom is -0.347 e. The molecular weight excluding hydrogens is 350 g/mol. The number of nitrogens with zero attached hydrogens (tertiary/aromatic N) is 4. The first-order chi connectivity index (χ1) is 13.7. The Bertz CT molecular complexity index is 937. The molecule has 1 N–H and O–H groups in total. The van der Waals surface area contributed by atoms with Gasteiger partial charge >= 0.3 is 0 Å². The maximum atomic E-state index is 12.7. The molecule has 1 aliphatic heterocycles. The highest BCUT2D eigenvalue weighted by Gasteiger charge is 2.21. The van der Waals surface area contributed by atoms with Crippen LogP contribution in [0.15, 0.2) is 60.9 Å². The Morgan fingerprint density at radius 3 is 2.79 bits per heavy atom. The van der Waals surface area contributed by atoms with Crippen LogP contribution >= 0.6 is 0 Å². The standard InChI is InChI=1S/C22H25N5O/c1-26(13-17-6-3-2-4-7-17)14-18-8-5-9-19(12-18)22(28)25-20-10-11-21-23-16-24-27(21)15-20/h2-9,12,16,20H,10-11,13-15H2,1H3,(H,25,28)/t20-/m0/s1. The van der Waals surface area contributed by atoms with Gasteiger partial charge in [0.05, 0.1) is 6.54 Å². The van der Waals surface area contributed by atoms with E-state index < -0.39 is 0 Å². The van der Waals surface area contributed by atoms with Gasteiger partial charge in [0.2, 0.25) is 0 Å². The maximum Gasteiger partial charge on any atom is 0.251 e. The van der Waals surface area contributed by atoms with E-state index in [2.05, 4.69) is 57.7 Å². The van der Waals surface area contributed by atoms with Crippen LogP contribution in [0.1, 0.15) is 33.7 Å². The van der Waals surface area contributed by atoms with Crippen molar-refractivity contribution in [1.82, 2.24) is 25.0 Å². The molecule has 3 aromatic rings. The quantitative estimate of drug-likeness (QED) is 0.719. The molecule has 2 aromatic carbocycles. The zero-order valence-corrected chi connectivity index (χ0v) is 16.1. The van der Waals surface area contributed by atoms with E-state index in [9.17, 15) is 4.79 Å². The molecule has 1 aromatic heterocycles. The molecule has 0 saturated carbocycles. The molecule has 28 heavy (non-hydrogen) atoms. The van der Waals surface area contributed by atoms with Gasteiger partial charge in [0.1, 0.15) is 12.2 Å². The van der Waals surface area contributed by atoms with E-state index in [4.69, 9.17) is 0 Å². The van der Waals surface area contributed by atoms with E-state index in [0.717, 1.165) is 37.3 Å². The zero-order valence-electron chi connectivity index (χ0n) is 16.1. The zero-order chi connectivity index (χ0) is 19.3. The van der Waals surface area contributed by atoms with Gasteiger partial charge in [-0.2, -0.15) is 5.10 Å². The van der Waals surface area contributed by atoms with Crippen LogP contribution in [0.2, 0.25) is 0 Å². The number of rotatable bonds is 6. The minimum absolute atomic E-state index is 0.0267. The molecule has 0 bridgehead atoms. The van der Waals surface area contributed by atoms with Gasteiger partial charge in [-0.3, -0.25) is 9.69 Å². The third kappa shape index (κ3) is 4.46. The van der Waals surface area contributed by atoms with Crippen LogP contribution in [0.4, 0.5) is 0 Å². The first-order valence-corrected chi connectivity index (χ1v) is 9.66. The number of carbonyl (C=O) groups excluding carboxylic acids is 1. The van der Waals surface area contributed by atoms with Crippen molar-refractivity contribution in [3.63, 3.8) is 0 Å². The molecule has 144 valence electrons. The molecule has 1 aliphatic rings. The second-order valence-corrected chi connectivity index (χ2v) is 7.43. The van der Waals surface area contributed by atoms with Crippen molar-refractivity contribution < 1.29 is 4.79 Å². The lowest BCUT2D eigenvalue weighted by molar-refractivity contribution is 0.0926. The molecule has 6 nitrogen and oxygen atoms in total. The van der Waals surface area contributed by atoms with Crippen molar-refractivity contribution >= 4 is 5.91 Å². The van der Waals surface area contributed by atoms with Crippen molar-refractivity contribution in [1.29, 1.82) is 0 Å². The number of fused-ring (bicyclic) bond motifs is 1. The molecule has 6 heteroatoms. The van der Waals surface area contributed by atoms with Crippen molar-refractivity contribution in [2.45, 2.75) is 38.5 Å². The van der Waals surface area contributed by atoms with E-state index in [1.165, 1.54) is 5.56 Å². The molecule has 0 radical (unpaired) electrons. The Kier molecular flexibility index (Phi) is 5.48. The van der Waals surface area contributed by atoms with E-state index in [1.54, 1.807) is 6.33 Å². The summed E-state index contributed by atoms with van der Waals surface area (Å²) in [7, 11) is 2.09. The van der Waals surface area contributed by atoms with Gasteiger partial charge in [0, 0.05) is 31.1 Å². The van der Waals surface area contributed by atoms with E-state index in [-0.39, 0.29) is 11.9 Å². The second-order valence-electron chi connectivity index (χ2n) is 7.43. The van der Waals surface area contributed by atoms with Gasteiger partial charge in [-0.05, 0) is 36.7 Å². The SMILES string of the molecule is CN(Cc1ccccc1)Cc1cccc(C(=O)N[C@H]2CCc3ncnn3C2)c1. The van der Waals surface area contributed by atoms with Crippen LogP contribution in [0.3, 0.4) is 0 Å². The average Bonchev–Trinajstić information content (AvgIpc) is 3.16. The van der Waals surface area contributed by atoms with Crippen molar-refractivity contribution in [3.8, 4) is 0 Å². The lowest BCUT2D eigenvalue weighted by Gasteiger charge is -2.23. The fourth-order valence-corrected chi connectivity index (χ4v) is 3.70. The summed E-state index contributed by atoms with van der Waals surface area (Å²) in [5, 5.41) is 7.36. The van der Waals surface area contributed by atoms with E-state index >= 15 is 0 Å². The summed E-state index contributed by atoms with van der Waals surface area (Å²) in [5.41, 5.74) is 3.12. The number of hydrogen-bond donors (Lipinski definition) is 1. The number of benzene rings is 2. The Hall–Kier alpha value is -2.99. The molecule has 0 saturated heterocycles. The Labute approximate surface area is 165 Å². The molecular formula is C22H25N5O. The molecule has 0 aliphatic carbocycles. The molecule has 0 spiro atoms. The highest BCUT2D eigenvalue weighted by Crippen LogP contribution is 2.14. The number of carbonyl (C=O) groups is 1. The third-order valence-corrected chi connectivity index (χ3v) is 5.08. The predicted octanol–water partition coefficient (Wildman–Crippen LogP) is 2.65. The summed E-state index contributed by atoms with van der Waals surface area (Å²) >= 11 is 0. The highest BCUT2D eigenvalue weighted by molar-refractivity contribution is 5.94. The fourth-order valence-electron chi connectivity index (χ4n) is 3.70. The van der Waals surface area contributed by atoms with Crippen molar-refractivity contribution in [3.05, 3.63) is 83.4 Å². The highest BCUT2D eigenvalue weighted by atomic mass is 16.1. The molecule has 1 amide bonds. The summed E-state index contributed by atoms with van der Waals surface area (Å²) < 4.78 is 1.88. The monoisotopic (exact) mass is 375 g/mol. The Morgan fingerprint density at radius 2 is 1.93 bits per heavy atom. The van der Waals surface area contributed by atoms with Gasteiger partial charge in [0.25, 0.3) is 5.91 Å². The van der Waals surface area contributed by atoms with Gasteiger partial charge in [-0.1, -0.05) is 42.5 Å². The number of hydrogen-bond acceptors (Lipinski definition) is 4. The summed E-state index contributed by atoms with van der Waals surface area (Å²) in [6, 6.07) is 18.4. The molecule has 0 unspecified atom stereocenters. The molecule has 2 heterocycles. The first kappa shape index (κ1) is 18.4. The van der Waals surface area contributed by atoms with Gasteiger partial charge in [0.15, 0.2) is 0 Å². The van der Waals surface area contributed by atoms with Crippen LogP contribution in [-0.4, -0.2) is 38.7 Å². The van der Waals surface area contributed by atoms with E-state index in [0.29, 0.717) is 12.1 Å². The molecule has 1 atom stereocenters. The lowest BCUT2D eigenvalue weighted by Crippen LogP contribution is -2.41.